The van der Waals surface area contributed by atoms with Gasteiger partial charge in [-0.2, -0.15) is 0 Å². The predicted octanol–water partition coefficient (Wildman–Crippen LogP) is 4.63. The van der Waals surface area contributed by atoms with Crippen molar-refractivity contribution in [2.75, 3.05) is 25.0 Å². The minimum absolute atomic E-state index is 0.0519. The van der Waals surface area contributed by atoms with E-state index in [1.807, 2.05) is 13.8 Å². The van der Waals surface area contributed by atoms with E-state index in [4.69, 9.17) is 0 Å². The normalized spacial score (nSPS) is 29.4. The molecule has 1 aromatic rings. The molecule has 158 valence electrons. The Balaban J connectivity index is 1.59. The van der Waals surface area contributed by atoms with Gasteiger partial charge in [0, 0.05) is 48.9 Å². The van der Waals surface area contributed by atoms with E-state index in [0.29, 0.717) is 11.7 Å². The molecule has 30 heavy (non-hydrogen) atoms. The Labute approximate surface area is 182 Å². The summed E-state index contributed by atoms with van der Waals surface area (Å²) >= 11 is 0. The molecule has 4 rings (SSSR count). The lowest BCUT2D eigenvalue weighted by molar-refractivity contribution is -0.131. The quantitative estimate of drug-likeness (QED) is 0.556. The summed E-state index contributed by atoms with van der Waals surface area (Å²) in [5.41, 5.74) is 2.74. The summed E-state index contributed by atoms with van der Waals surface area (Å²) in [5.74, 6) is 13.3. The van der Waals surface area contributed by atoms with Crippen molar-refractivity contribution < 1.29 is 4.79 Å². The van der Waals surface area contributed by atoms with Crippen molar-refractivity contribution in [2.24, 2.45) is 11.8 Å². The molecule has 0 unspecified atom stereocenters. The van der Waals surface area contributed by atoms with Crippen molar-refractivity contribution in [1.29, 1.82) is 0 Å². The standard InChI is InChI=1S/C27H34N2O/c1-3-5-7-8-12-17-29-18-16-21-19-25(30)22(13-9-6-4-2)26-27(21,20-29)23-14-10-11-15-24(23)28-26/h10-11,14-15,21-22,26,28H,7-9,12-13,16-20H2,1-2H3/t21-,22+,26+,27+/m1/s1. The molecule has 0 aromatic heterocycles. The van der Waals surface area contributed by atoms with E-state index in [1.165, 1.54) is 24.1 Å². The Hall–Kier alpha value is -2.23. The van der Waals surface area contributed by atoms with E-state index in [0.717, 1.165) is 51.7 Å². The number of benzene rings is 1. The molecule has 3 nitrogen and oxygen atoms in total. The SMILES string of the molecule is CC#CCCCCN1CC[C@@H]2CC(=O)[C@H](CCC#CC)[C@@H]3Nc4ccccc4[C@]23C1. The zero-order valence-corrected chi connectivity index (χ0v) is 18.5. The van der Waals surface area contributed by atoms with Crippen LogP contribution in [0.4, 0.5) is 5.69 Å². The highest BCUT2D eigenvalue weighted by molar-refractivity contribution is 5.86. The minimum Gasteiger partial charge on any atom is -0.380 e. The van der Waals surface area contributed by atoms with Gasteiger partial charge in [-0.25, -0.2) is 0 Å². The number of para-hydroxylation sites is 1. The number of nitrogens with zero attached hydrogens (tertiary/aromatic N) is 1. The molecule has 1 aliphatic carbocycles. The first kappa shape index (κ1) is 21.0. The Bertz CT molecular complexity index is 899. The molecular weight excluding hydrogens is 368 g/mol. The van der Waals surface area contributed by atoms with Gasteiger partial charge in [-0.1, -0.05) is 18.2 Å². The number of hydrogen-bond acceptors (Lipinski definition) is 3. The smallest absolute Gasteiger partial charge is 0.138 e. The molecule has 2 aliphatic heterocycles. The molecule has 3 heteroatoms. The summed E-state index contributed by atoms with van der Waals surface area (Å²) < 4.78 is 0. The molecule has 1 saturated heterocycles. The van der Waals surface area contributed by atoms with Crippen molar-refractivity contribution in [3.8, 4) is 23.7 Å². The number of carbonyl (C=O) groups excluding carboxylic acids is 1. The fraction of sp³-hybridized carbons (Fsp3) is 0.593. The number of ketones is 1. The van der Waals surface area contributed by atoms with E-state index < -0.39 is 0 Å². The second-order valence-electron chi connectivity index (χ2n) is 9.10. The largest absolute Gasteiger partial charge is 0.380 e. The third-order valence-corrected chi connectivity index (χ3v) is 7.53. The highest BCUT2D eigenvalue weighted by Gasteiger charge is 2.60. The van der Waals surface area contributed by atoms with Crippen LogP contribution < -0.4 is 5.32 Å². The zero-order chi connectivity index (χ0) is 21.0. The van der Waals surface area contributed by atoms with Crippen LogP contribution in [0.5, 0.6) is 0 Å². The maximum atomic E-state index is 13.2. The van der Waals surface area contributed by atoms with E-state index in [1.54, 1.807) is 0 Å². The molecule has 4 atom stereocenters. The van der Waals surface area contributed by atoms with Crippen molar-refractivity contribution >= 4 is 11.5 Å². The fourth-order valence-corrected chi connectivity index (χ4v) is 6.18. The molecule has 0 radical (unpaired) electrons. The zero-order valence-electron chi connectivity index (χ0n) is 18.5. The van der Waals surface area contributed by atoms with Gasteiger partial charge >= 0.3 is 0 Å². The maximum Gasteiger partial charge on any atom is 0.138 e. The van der Waals surface area contributed by atoms with Crippen molar-refractivity contribution in [1.82, 2.24) is 4.90 Å². The van der Waals surface area contributed by atoms with Crippen LogP contribution in [0.1, 0.15) is 64.4 Å². The van der Waals surface area contributed by atoms with Gasteiger partial charge in [-0.05, 0) is 70.2 Å². The van der Waals surface area contributed by atoms with Gasteiger partial charge in [0.2, 0.25) is 0 Å². The summed E-state index contributed by atoms with van der Waals surface area (Å²) in [6, 6.07) is 9.01. The number of Topliss-reactive ketones (excluding diaryl/α,β-unsaturated/α-hetero) is 1. The van der Waals surface area contributed by atoms with Crippen LogP contribution in [0.3, 0.4) is 0 Å². The number of piperidine rings is 1. The number of unbranched alkanes of at least 4 members (excludes halogenated alkanes) is 2. The highest BCUT2D eigenvalue weighted by Crippen LogP contribution is 2.56. The van der Waals surface area contributed by atoms with Gasteiger partial charge in [0.15, 0.2) is 0 Å². The minimum atomic E-state index is 0.0519. The van der Waals surface area contributed by atoms with E-state index in [9.17, 15) is 4.79 Å². The van der Waals surface area contributed by atoms with Crippen LogP contribution >= 0.6 is 0 Å². The van der Waals surface area contributed by atoms with Crippen LogP contribution in [0.15, 0.2) is 24.3 Å². The fourth-order valence-electron chi connectivity index (χ4n) is 6.18. The number of nitrogens with one attached hydrogen (secondary N) is 1. The van der Waals surface area contributed by atoms with Crippen LogP contribution in [0.2, 0.25) is 0 Å². The van der Waals surface area contributed by atoms with Gasteiger partial charge in [0.1, 0.15) is 5.78 Å². The number of likely N-dealkylation sites (tertiary alicyclic amines) is 1. The lowest BCUT2D eigenvalue weighted by Gasteiger charge is -2.54. The van der Waals surface area contributed by atoms with E-state index >= 15 is 0 Å². The molecule has 1 aromatic carbocycles. The number of anilines is 1. The van der Waals surface area contributed by atoms with Crippen LogP contribution in [0, 0.1) is 35.5 Å². The third kappa shape index (κ3) is 3.77. The highest BCUT2D eigenvalue weighted by atomic mass is 16.1. The van der Waals surface area contributed by atoms with Crippen LogP contribution in [0.25, 0.3) is 0 Å². The molecule has 1 saturated carbocycles. The molecule has 1 spiro atoms. The Kier molecular flexibility index (Phi) is 6.50. The first-order chi connectivity index (χ1) is 14.7. The number of hydrogen-bond donors (Lipinski definition) is 1. The summed E-state index contributed by atoms with van der Waals surface area (Å²) in [5, 5.41) is 3.82. The Morgan fingerprint density at radius 3 is 2.77 bits per heavy atom. The van der Waals surface area contributed by atoms with Gasteiger partial charge in [0.25, 0.3) is 0 Å². The molecule has 0 amide bonds. The first-order valence-corrected chi connectivity index (χ1v) is 11.6. The van der Waals surface area contributed by atoms with Crippen molar-refractivity contribution in [3.63, 3.8) is 0 Å². The molecule has 2 heterocycles. The van der Waals surface area contributed by atoms with Gasteiger partial charge in [0.05, 0.1) is 0 Å². The van der Waals surface area contributed by atoms with Gasteiger partial charge in [-0.15, -0.1) is 23.7 Å². The number of carbonyl (C=O) groups is 1. The second kappa shape index (κ2) is 9.28. The van der Waals surface area contributed by atoms with Crippen LogP contribution in [-0.4, -0.2) is 36.4 Å². The topological polar surface area (TPSA) is 32.3 Å². The van der Waals surface area contributed by atoms with Crippen molar-refractivity contribution in [3.05, 3.63) is 29.8 Å². The Morgan fingerprint density at radius 1 is 1.13 bits per heavy atom. The van der Waals surface area contributed by atoms with Gasteiger partial charge < -0.3 is 10.2 Å². The lowest BCUT2D eigenvalue weighted by Crippen LogP contribution is -2.63. The Morgan fingerprint density at radius 2 is 1.93 bits per heavy atom. The van der Waals surface area contributed by atoms with E-state index in [-0.39, 0.29) is 17.4 Å². The maximum absolute atomic E-state index is 13.2. The summed E-state index contributed by atoms with van der Waals surface area (Å²) in [4.78, 5) is 15.8. The second-order valence-corrected chi connectivity index (χ2v) is 9.10. The average molecular weight is 403 g/mol. The van der Waals surface area contributed by atoms with Crippen molar-refractivity contribution in [2.45, 2.75) is 70.3 Å². The summed E-state index contributed by atoms with van der Waals surface area (Å²) in [6.07, 6.45) is 6.90. The lowest BCUT2D eigenvalue weighted by atomic mass is 9.55. The summed E-state index contributed by atoms with van der Waals surface area (Å²) in [7, 11) is 0. The average Bonchev–Trinajstić information content (AvgIpc) is 3.08. The van der Waals surface area contributed by atoms with Crippen LogP contribution in [-0.2, 0) is 10.2 Å². The molecule has 3 aliphatic rings. The van der Waals surface area contributed by atoms with E-state index in [2.05, 4.69) is 58.2 Å². The number of rotatable bonds is 6. The monoisotopic (exact) mass is 402 g/mol. The number of fused-ring (bicyclic) bond motifs is 1. The first-order valence-electron chi connectivity index (χ1n) is 11.6. The molecule has 0 bridgehead atoms. The van der Waals surface area contributed by atoms with Gasteiger partial charge in [-0.3, -0.25) is 4.79 Å². The molecule has 1 N–H and O–H groups in total. The molecule has 2 fully saturated rings. The molecular formula is C27H34N2O. The third-order valence-electron chi connectivity index (χ3n) is 7.53. The predicted molar refractivity (Wildman–Crippen MR) is 123 cm³/mol. The summed E-state index contributed by atoms with van der Waals surface area (Å²) in [6.45, 7) is 7.11.